The number of hydrogen-bond donors (Lipinski definition) is 8. The molecule has 2 fully saturated rings. The first-order valence-corrected chi connectivity index (χ1v) is 20.9. The molecule has 3 aromatic heterocycles. The van der Waals surface area contributed by atoms with Crippen LogP contribution in [-0.4, -0.2) is 118 Å². The molecule has 10 N–H and O–H groups in total. The van der Waals surface area contributed by atoms with Crippen LogP contribution in [0, 0.1) is 10.1 Å². The van der Waals surface area contributed by atoms with Crippen LogP contribution in [0.5, 0.6) is 0 Å². The number of pyridine rings is 1. The molecule has 29 nitrogen and oxygen atoms in total. The number of benzene rings is 1. The van der Waals surface area contributed by atoms with Gasteiger partial charge in [-0.25, -0.2) is 24.1 Å². The first-order chi connectivity index (χ1) is 29.4. The Labute approximate surface area is 346 Å². The van der Waals surface area contributed by atoms with E-state index in [0.29, 0.717) is 0 Å². The number of rotatable bonds is 19. The molecular weight excluding hydrogens is 874 g/mol. The number of primary amides is 1. The van der Waals surface area contributed by atoms with Gasteiger partial charge in [-0.3, -0.25) is 33.3 Å². The quantitative estimate of drug-likeness (QED) is 0.00720. The number of ether oxygens (including phenoxy) is 3. The molecule has 0 bridgehead atoms. The number of carbonyl (C=O) groups excluding carboxylic acids is 2. The molecule has 0 saturated carbocycles. The Balaban J connectivity index is 1.08. The molecule has 0 spiro atoms. The molecule has 10 unspecified atom stereocenters. The van der Waals surface area contributed by atoms with Crippen LogP contribution in [0.3, 0.4) is 0 Å². The number of hydrogen-bond acceptors (Lipinski definition) is 21. The largest absolute Gasteiger partial charge is 0.481 e. The number of aromatic nitrogens is 5. The molecule has 2 saturated heterocycles. The van der Waals surface area contributed by atoms with Crippen LogP contribution < -0.4 is 21.4 Å². The minimum Gasteiger partial charge on any atom is -0.457 e. The fourth-order valence-corrected chi connectivity index (χ4v) is 8.40. The zero-order valence-electron chi connectivity index (χ0n) is 31.6. The van der Waals surface area contributed by atoms with Gasteiger partial charge in [0, 0.05) is 35.7 Å². The van der Waals surface area contributed by atoms with Gasteiger partial charge in [-0.2, -0.15) is 8.88 Å². The normalized spacial score (nSPS) is 25.4. The van der Waals surface area contributed by atoms with Crippen LogP contribution in [0.1, 0.15) is 35.7 Å². The second-order valence-corrected chi connectivity index (χ2v) is 16.4. The van der Waals surface area contributed by atoms with E-state index in [9.17, 15) is 53.9 Å². The van der Waals surface area contributed by atoms with E-state index in [1.807, 2.05) is 0 Å². The van der Waals surface area contributed by atoms with Crippen LogP contribution in [0.15, 0.2) is 60.5 Å². The number of aliphatic hydroxyl groups excluding tert-OH is 3. The Morgan fingerprint density at radius 1 is 1.06 bits per heavy atom. The molecular formula is C31H37N12O17P2+. The van der Waals surface area contributed by atoms with E-state index in [4.69, 9.17) is 40.3 Å². The van der Waals surface area contributed by atoms with E-state index in [2.05, 4.69) is 34.6 Å². The maximum atomic E-state index is 13.1. The lowest BCUT2D eigenvalue weighted by Crippen LogP contribution is -2.46. The molecule has 1 amide bonds. The maximum Gasteiger partial charge on any atom is 0.481 e. The van der Waals surface area contributed by atoms with Crippen molar-refractivity contribution in [2.24, 2.45) is 10.8 Å². The Morgan fingerprint density at radius 3 is 2.48 bits per heavy atom. The highest BCUT2D eigenvalue weighted by Gasteiger charge is 2.51. The Morgan fingerprint density at radius 2 is 1.79 bits per heavy atom. The van der Waals surface area contributed by atoms with Crippen molar-refractivity contribution in [2.45, 2.75) is 61.9 Å². The molecule has 0 radical (unpaired) electrons. The van der Waals surface area contributed by atoms with Crippen LogP contribution >= 0.6 is 15.6 Å². The van der Waals surface area contributed by atoms with Crippen molar-refractivity contribution in [2.75, 3.05) is 30.8 Å². The summed E-state index contributed by atoms with van der Waals surface area (Å²) in [5.74, 6) is -1.75. The number of nitro groups is 1. The number of azide groups is 1. The number of imidazole rings is 1. The monoisotopic (exact) mass is 911 g/mol. The van der Waals surface area contributed by atoms with E-state index in [1.54, 1.807) is 0 Å². The van der Waals surface area contributed by atoms with Crippen molar-refractivity contribution < 1.29 is 80.9 Å². The van der Waals surface area contributed by atoms with Gasteiger partial charge < -0.3 is 56.1 Å². The van der Waals surface area contributed by atoms with Crippen molar-refractivity contribution >= 4 is 61.6 Å². The number of aliphatic hydroxyl groups is 3. The van der Waals surface area contributed by atoms with E-state index >= 15 is 0 Å². The lowest BCUT2D eigenvalue weighted by molar-refractivity contribution is -0.765. The average molecular weight is 912 g/mol. The molecule has 0 aliphatic carbocycles. The number of nitrogen functional groups attached to an aromatic ring is 1. The van der Waals surface area contributed by atoms with Gasteiger partial charge in [-0.15, -0.1) is 0 Å². The minimum atomic E-state index is -5.58. The first kappa shape index (κ1) is 45.7. The van der Waals surface area contributed by atoms with Gasteiger partial charge in [0.15, 0.2) is 42.3 Å². The van der Waals surface area contributed by atoms with Crippen molar-refractivity contribution in [1.82, 2.24) is 19.5 Å². The topological polar surface area (TPSA) is 428 Å². The van der Waals surface area contributed by atoms with Gasteiger partial charge in [0.1, 0.15) is 47.5 Å². The van der Waals surface area contributed by atoms with Crippen molar-refractivity contribution in [3.63, 3.8) is 0 Å². The maximum absolute atomic E-state index is 13.1. The predicted octanol–water partition coefficient (Wildman–Crippen LogP) is 0.277. The Bertz CT molecular complexity index is 2480. The molecule has 10 atom stereocenters. The summed E-state index contributed by atoms with van der Waals surface area (Å²) in [6.45, 7) is -2.00. The predicted molar refractivity (Wildman–Crippen MR) is 203 cm³/mol. The summed E-state index contributed by atoms with van der Waals surface area (Å²) >= 11 is 0. The smallest absolute Gasteiger partial charge is 0.457 e. The molecule has 1 aromatic carbocycles. The third-order valence-corrected chi connectivity index (χ3v) is 11.8. The zero-order valence-corrected chi connectivity index (χ0v) is 33.3. The summed E-state index contributed by atoms with van der Waals surface area (Å²) in [6.07, 6.45) is -8.03. The first-order valence-electron chi connectivity index (χ1n) is 17.9. The van der Waals surface area contributed by atoms with Gasteiger partial charge >= 0.3 is 21.6 Å². The molecule has 2 aliphatic rings. The number of nitrogens with two attached hydrogens (primary N) is 2. The molecule has 332 valence electrons. The summed E-state index contributed by atoms with van der Waals surface area (Å²) in [4.78, 5) is 70.8. The molecule has 31 heteroatoms. The number of fused-ring (bicyclic) bond motifs is 1. The van der Waals surface area contributed by atoms with Gasteiger partial charge in [-0.1, -0.05) is 11.2 Å². The number of nitrogens with one attached hydrogen (secondary N) is 1. The summed E-state index contributed by atoms with van der Waals surface area (Å²) in [6, 6.07) is 6.49. The van der Waals surface area contributed by atoms with E-state index in [-0.39, 0.29) is 53.3 Å². The van der Waals surface area contributed by atoms with E-state index in [1.165, 1.54) is 52.1 Å². The minimum absolute atomic E-state index is 0.00240. The number of esters is 1. The molecule has 6 rings (SSSR count). The summed E-state index contributed by atoms with van der Waals surface area (Å²) in [5.41, 5.74) is 19.7. The Kier molecular flexibility index (Phi) is 14.1. The highest BCUT2D eigenvalue weighted by Crippen LogP contribution is 2.61. The lowest BCUT2D eigenvalue weighted by atomic mass is 10.1. The third kappa shape index (κ3) is 10.6. The molecule has 4 aromatic rings. The summed E-state index contributed by atoms with van der Waals surface area (Å²) in [7, 11) is -11.1. The van der Waals surface area contributed by atoms with Gasteiger partial charge in [-0.05, 0) is 24.1 Å². The van der Waals surface area contributed by atoms with Crippen LogP contribution in [0.2, 0.25) is 0 Å². The molecule has 5 heterocycles. The van der Waals surface area contributed by atoms with E-state index in [0.717, 1.165) is 12.4 Å². The van der Waals surface area contributed by atoms with Gasteiger partial charge in [0.05, 0.1) is 24.5 Å². The zero-order chi connectivity index (χ0) is 44.9. The summed E-state index contributed by atoms with van der Waals surface area (Å²) in [5, 5.41) is 50.0. The molecule has 62 heavy (non-hydrogen) atoms. The summed E-state index contributed by atoms with van der Waals surface area (Å²) < 4.78 is 59.2. The van der Waals surface area contributed by atoms with Crippen LogP contribution in [-0.2, 0) is 41.5 Å². The van der Waals surface area contributed by atoms with Crippen molar-refractivity contribution in [3.8, 4) is 0 Å². The number of anilines is 2. The van der Waals surface area contributed by atoms with Crippen molar-refractivity contribution in [1.29, 1.82) is 0 Å². The second kappa shape index (κ2) is 19.1. The van der Waals surface area contributed by atoms with Crippen LogP contribution in [0.4, 0.5) is 22.9 Å². The van der Waals surface area contributed by atoms with E-state index < -0.39 is 100 Å². The van der Waals surface area contributed by atoms with Gasteiger partial charge in [0.2, 0.25) is 0 Å². The third-order valence-electron chi connectivity index (χ3n) is 9.20. The highest BCUT2D eigenvalue weighted by atomic mass is 31.3. The standard InChI is InChI=1S/C31H36N12O17P2/c32-27-22-29(37-13-36-27)42(14-38-22)31-25(47)26(59-21(44)4-1-7-35-17-6-5-16(39-40-34)9-18(17)43(49)50)20(58-31)12-56-62(53,54)60-61(51,52)55-11-19-23(45)24(46)30(57-19)41-8-2-3-15(10-41)28(33)48/h2-3,5-6,8-10,13-14,19-20,23-26,30-31,35,45-47H,1,4,7,11-12H2,(H5-,32,33,36,37,48,51,52,53,54)/p+1. The molecule has 2 aliphatic heterocycles. The number of amides is 1. The number of nitro benzene ring substituents is 1. The van der Waals surface area contributed by atoms with Crippen molar-refractivity contribution in [3.05, 3.63) is 81.5 Å². The fraction of sp³-hybridized carbons (Fsp3) is 0.419. The number of nitrogens with zero attached hydrogens (tertiary/aromatic N) is 9. The number of phosphoric acid groups is 2. The van der Waals surface area contributed by atoms with Crippen LogP contribution in [0.25, 0.3) is 21.6 Å². The average Bonchev–Trinajstić information content (AvgIpc) is 3.88. The second-order valence-electron chi connectivity index (χ2n) is 13.3. The SMILES string of the molecule is [N-]=[N+]=Nc1ccc(NCCCC(=O)OC2C(COP(=O)(O)OP(=O)(O)OCC3OC([n+]4cccc(C(N)=O)c4)C(O)C3O)OC(n3cnc4c(N)ncnc43)C2O)c([N+](=O)[O-])c1. The number of phosphoric ester groups is 2. The Hall–Kier alpha value is -5.77. The number of carbonyl (C=O) groups is 2. The fourth-order valence-electron chi connectivity index (χ4n) is 6.31. The van der Waals surface area contributed by atoms with Gasteiger partial charge in [0.25, 0.3) is 17.8 Å². The lowest BCUT2D eigenvalue weighted by Gasteiger charge is -2.22. The highest BCUT2D eigenvalue weighted by molar-refractivity contribution is 7.61.